The highest BCUT2D eigenvalue weighted by molar-refractivity contribution is 5.73. The third-order valence-electron chi connectivity index (χ3n) is 2.29. The minimum atomic E-state index is 0.508. The number of allylic oxidation sites excluding steroid dienone is 1. The van der Waals surface area contributed by atoms with E-state index >= 15 is 0 Å². The highest BCUT2D eigenvalue weighted by Gasteiger charge is 2.09. The zero-order valence-electron chi connectivity index (χ0n) is 9.66. The molecule has 0 spiro atoms. The lowest BCUT2D eigenvalue weighted by Crippen LogP contribution is -2.04. The summed E-state index contributed by atoms with van der Waals surface area (Å²) in [5.74, 6) is 0.726. The van der Waals surface area contributed by atoms with Gasteiger partial charge in [-0.05, 0) is 25.5 Å². The van der Waals surface area contributed by atoms with Crippen LogP contribution in [-0.4, -0.2) is 6.61 Å². The predicted molar refractivity (Wildman–Crippen MR) is 64.6 cm³/mol. The molecule has 0 fully saturated rings. The summed E-state index contributed by atoms with van der Waals surface area (Å²) in [4.78, 5) is 0. The molecule has 1 aromatic carbocycles. The summed E-state index contributed by atoms with van der Waals surface area (Å²) in [6.45, 7) is 4.41. The first-order chi connectivity index (χ1) is 7.74. The molecule has 3 heteroatoms. The van der Waals surface area contributed by atoms with Crippen LogP contribution in [0.2, 0.25) is 0 Å². The van der Waals surface area contributed by atoms with Gasteiger partial charge in [0.25, 0.3) is 0 Å². The van der Waals surface area contributed by atoms with Crippen LogP contribution in [0.1, 0.15) is 25.8 Å². The van der Waals surface area contributed by atoms with Crippen molar-refractivity contribution < 1.29 is 4.74 Å². The Balaban J connectivity index is 3.22. The lowest BCUT2D eigenvalue weighted by molar-refractivity contribution is 0.339. The lowest BCUT2D eigenvalue weighted by atomic mass is 10.1. The van der Waals surface area contributed by atoms with Crippen LogP contribution in [0.15, 0.2) is 29.8 Å². The number of para-hydroxylation sites is 1. The van der Waals surface area contributed by atoms with E-state index in [0.717, 1.165) is 11.3 Å². The normalized spacial score (nSPS) is 11.6. The Kier molecular flexibility index (Phi) is 4.41. The van der Waals surface area contributed by atoms with Crippen LogP contribution in [0.4, 0.5) is 0 Å². The number of nitrogens with zero attached hydrogens (tertiary/aromatic N) is 1. The van der Waals surface area contributed by atoms with Gasteiger partial charge in [-0.15, -0.1) is 0 Å². The second kappa shape index (κ2) is 5.82. The van der Waals surface area contributed by atoms with Crippen molar-refractivity contribution in [3.63, 3.8) is 0 Å². The Morgan fingerprint density at radius 1 is 1.38 bits per heavy atom. The molecule has 0 radical (unpaired) electrons. The van der Waals surface area contributed by atoms with Crippen LogP contribution < -0.4 is 10.5 Å². The fourth-order valence-corrected chi connectivity index (χ4v) is 1.46. The van der Waals surface area contributed by atoms with Crippen molar-refractivity contribution in [3.05, 3.63) is 35.4 Å². The van der Waals surface area contributed by atoms with E-state index in [4.69, 9.17) is 15.7 Å². The molecule has 3 nitrogen and oxygen atoms in total. The number of hydrogen-bond donors (Lipinski definition) is 1. The van der Waals surface area contributed by atoms with Crippen molar-refractivity contribution in [2.45, 2.75) is 20.3 Å². The summed E-state index contributed by atoms with van der Waals surface area (Å²) in [6.07, 6.45) is 0.628. The van der Waals surface area contributed by atoms with Crippen LogP contribution in [0.3, 0.4) is 0 Å². The molecule has 0 saturated carbocycles. The fourth-order valence-electron chi connectivity index (χ4n) is 1.46. The summed E-state index contributed by atoms with van der Waals surface area (Å²) in [5, 5.41) is 8.95. The maximum absolute atomic E-state index is 8.95. The SMILES string of the molecule is CCOc1ccccc1/C(N)=C(\C#N)CC. The van der Waals surface area contributed by atoms with Gasteiger partial charge in [0.1, 0.15) is 5.75 Å². The number of hydrogen-bond acceptors (Lipinski definition) is 3. The van der Waals surface area contributed by atoms with Crippen LogP contribution >= 0.6 is 0 Å². The molecule has 0 unspecified atom stereocenters. The largest absolute Gasteiger partial charge is 0.493 e. The summed E-state index contributed by atoms with van der Waals surface area (Å²) < 4.78 is 5.47. The van der Waals surface area contributed by atoms with Gasteiger partial charge in [-0.25, -0.2) is 0 Å². The monoisotopic (exact) mass is 216 g/mol. The van der Waals surface area contributed by atoms with E-state index in [1.54, 1.807) is 0 Å². The quantitative estimate of drug-likeness (QED) is 0.787. The number of nitriles is 1. The molecule has 1 rings (SSSR count). The van der Waals surface area contributed by atoms with Crippen LogP contribution in [0, 0.1) is 11.3 Å². The zero-order chi connectivity index (χ0) is 12.0. The molecule has 0 aliphatic rings. The Morgan fingerprint density at radius 2 is 2.06 bits per heavy atom. The minimum absolute atomic E-state index is 0.508. The van der Waals surface area contributed by atoms with Gasteiger partial charge in [0, 0.05) is 5.56 Å². The number of benzene rings is 1. The summed E-state index contributed by atoms with van der Waals surface area (Å²) in [7, 11) is 0. The molecular formula is C13H16N2O. The minimum Gasteiger partial charge on any atom is -0.493 e. The Labute approximate surface area is 96.1 Å². The van der Waals surface area contributed by atoms with E-state index in [1.165, 1.54) is 0 Å². The molecule has 84 valence electrons. The van der Waals surface area contributed by atoms with Crippen LogP contribution in [0.5, 0.6) is 5.75 Å². The third-order valence-corrected chi connectivity index (χ3v) is 2.29. The molecule has 0 aromatic heterocycles. The van der Waals surface area contributed by atoms with Crippen LogP contribution in [0.25, 0.3) is 5.70 Å². The summed E-state index contributed by atoms with van der Waals surface area (Å²) >= 11 is 0. The van der Waals surface area contributed by atoms with Crippen molar-refractivity contribution >= 4 is 5.70 Å². The lowest BCUT2D eigenvalue weighted by Gasteiger charge is -2.11. The fraction of sp³-hybridized carbons (Fsp3) is 0.308. The van der Waals surface area contributed by atoms with Gasteiger partial charge in [0.2, 0.25) is 0 Å². The van der Waals surface area contributed by atoms with Crippen molar-refractivity contribution in [2.24, 2.45) is 5.73 Å². The molecule has 0 aliphatic heterocycles. The molecule has 0 amide bonds. The summed E-state index contributed by atoms with van der Waals surface area (Å²) in [6, 6.07) is 9.62. The van der Waals surface area contributed by atoms with Gasteiger partial charge in [0.15, 0.2) is 0 Å². The van der Waals surface area contributed by atoms with E-state index in [9.17, 15) is 0 Å². The van der Waals surface area contributed by atoms with Crippen molar-refractivity contribution in [2.75, 3.05) is 6.61 Å². The predicted octanol–water partition coefficient (Wildman–Crippen LogP) is 2.69. The molecule has 0 atom stereocenters. The molecule has 0 heterocycles. The average molecular weight is 216 g/mol. The highest BCUT2D eigenvalue weighted by atomic mass is 16.5. The zero-order valence-corrected chi connectivity index (χ0v) is 9.66. The number of rotatable bonds is 4. The number of nitrogens with two attached hydrogens (primary N) is 1. The smallest absolute Gasteiger partial charge is 0.128 e. The topological polar surface area (TPSA) is 59.0 Å². The first-order valence-electron chi connectivity index (χ1n) is 5.35. The first-order valence-corrected chi connectivity index (χ1v) is 5.35. The van der Waals surface area contributed by atoms with Gasteiger partial charge in [-0.2, -0.15) is 5.26 Å². The van der Waals surface area contributed by atoms with Gasteiger partial charge in [0.05, 0.1) is 23.9 Å². The third kappa shape index (κ3) is 2.54. The molecule has 16 heavy (non-hydrogen) atoms. The number of ether oxygens (including phenoxy) is 1. The van der Waals surface area contributed by atoms with Gasteiger partial charge in [-0.1, -0.05) is 19.1 Å². The van der Waals surface area contributed by atoms with Crippen molar-refractivity contribution in [1.29, 1.82) is 5.26 Å². The average Bonchev–Trinajstić information content (AvgIpc) is 2.31. The van der Waals surface area contributed by atoms with Gasteiger partial charge in [-0.3, -0.25) is 0 Å². The van der Waals surface area contributed by atoms with Gasteiger partial charge < -0.3 is 10.5 Å². The van der Waals surface area contributed by atoms with E-state index in [2.05, 4.69) is 6.07 Å². The standard InChI is InChI=1S/C13H16N2O/c1-3-10(9-14)13(15)11-7-5-6-8-12(11)16-4-2/h5-8H,3-4,15H2,1-2H3/b13-10+. The second-order valence-corrected chi connectivity index (χ2v) is 3.29. The van der Waals surface area contributed by atoms with Gasteiger partial charge >= 0.3 is 0 Å². The van der Waals surface area contributed by atoms with Crippen molar-refractivity contribution in [3.8, 4) is 11.8 Å². The van der Waals surface area contributed by atoms with Crippen LogP contribution in [-0.2, 0) is 0 Å². The Bertz CT molecular complexity index is 430. The Morgan fingerprint density at radius 3 is 2.62 bits per heavy atom. The molecule has 2 N–H and O–H groups in total. The van der Waals surface area contributed by atoms with E-state index in [1.807, 2.05) is 38.1 Å². The first kappa shape index (κ1) is 12.1. The molecule has 0 aliphatic carbocycles. The maximum atomic E-state index is 8.95. The van der Waals surface area contributed by atoms with E-state index in [-0.39, 0.29) is 0 Å². The molecule has 0 bridgehead atoms. The summed E-state index contributed by atoms with van der Waals surface area (Å²) in [5.41, 5.74) is 7.86. The molecular weight excluding hydrogens is 200 g/mol. The second-order valence-electron chi connectivity index (χ2n) is 3.29. The van der Waals surface area contributed by atoms with E-state index in [0.29, 0.717) is 24.3 Å². The molecule has 0 saturated heterocycles. The maximum Gasteiger partial charge on any atom is 0.128 e. The molecule has 1 aromatic rings. The Hall–Kier alpha value is -1.95. The van der Waals surface area contributed by atoms with Crippen molar-refractivity contribution in [1.82, 2.24) is 0 Å². The highest BCUT2D eigenvalue weighted by Crippen LogP contribution is 2.25. The van der Waals surface area contributed by atoms with E-state index < -0.39 is 0 Å².